The number of aliphatic hydroxyl groups is 1. The second kappa shape index (κ2) is 20.4. The number of rotatable bonds is 19. The lowest BCUT2D eigenvalue weighted by Gasteiger charge is -2.11. The van der Waals surface area contributed by atoms with Crippen LogP contribution in [0.15, 0.2) is 12.2 Å². The third-order valence-corrected chi connectivity index (χ3v) is 4.56. The van der Waals surface area contributed by atoms with E-state index in [1.54, 1.807) is 0 Å². The van der Waals surface area contributed by atoms with Crippen LogP contribution in [0.3, 0.4) is 0 Å². The van der Waals surface area contributed by atoms with Crippen molar-refractivity contribution in [1.29, 1.82) is 0 Å². The molecule has 1 unspecified atom stereocenters. The summed E-state index contributed by atoms with van der Waals surface area (Å²) in [7, 11) is 0. The van der Waals surface area contributed by atoms with Crippen LogP contribution < -0.4 is 0 Å². The second-order valence-electron chi connectivity index (χ2n) is 7.47. The summed E-state index contributed by atoms with van der Waals surface area (Å²) >= 11 is 0. The van der Waals surface area contributed by atoms with E-state index in [0.29, 0.717) is 6.42 Å². The first-order valence-electron chi connectivity index (χ1n) is 11.2. The number of esters is 2. The Kier molecular flexibility index (Phi) is 19.4. The summed E-state index contributed by atoms with van der Waals surface area (Å²) in [6.45, 7) is 3.25. The zero-order chi connectivity index (χ0) is 20.9. The molecule has 0 aromatic rings. The van der Waals surface area contributed by atoms with E-state index < -0.39 is 12.1 Å². The van der Waals surface area contributed by atoms with E-state index in [1.807, 2.05) is 0 Å². The molecule has 0 aromatic heterocycles. The minimum atomic E-state index is -0.957. The summed E-state index contributed by atoms with van der Waals surface area (Å²) in [6, 6.07) is 0. The predicted octanol–water partition coefficient (Wildman–Crippen LogP) is 5.49. The fourth-order valence-corrected chi connectivity index (χ4v) is 2.86. The molecule has 164 valence electrons. The average Bonchev–Trinajstić information content (AvgIpc) is 2.67. The number of carbonyl (C=O) groups is 2. The highest BCUT2D eigenvalue weighted by Gasteiger charge is 2.10. The Morgan fingerprint density at radius 2 is 1.29 bits per heavy atom. The maximum atomic E-state index is 11.6. The first kappa shape index (κ1) is 26.6. The van der Waals surface area contributed by atoms with Gasteiger partial charge in [-0.3, -0.25) is 9.59 Å². The molecule has 0 saturated heterocycles. The quantitative estimate of drug-likeness (QED) is 0.177. The molecular formula is C23H42O5. The van der Waals surface area contributed by atoms with E-state index in [2.05, 4.69) is 23.8 Å². The molecular weight excluding hydrogens is 356 g/mol. The summed E-state index contributed by atoms with van der Waals surface area (Å²) in [5, 5.41) is 9.49. The van der Waals surface area contributed by atoms with Gasteiger partial charge in [0, 0.05) is 13.3 Å². The van der Waals surface area contributed by atoms with Crippen molar-refractivity contribution < 1.29 is 24.2 Å². The smallest absolute Gasteiger partial charge is 0.305 e. The summed E-state index contributed by atoms with van der Waals surface area (Å²) in [6.07, 6.45) is 19.9. The van der Waals surface area contributed by atoms with Gasteiger partial charge in [0.1, 0.15) is 19.3 Å². The molecule has 0 radical (unpaired) electrons. The van der Waals surface area contributed by atoms with Crippen LogP contribution in [0.1, 0.15) is 104 Å². The van der Waals surface area contributed by atoms with Crippen LogP contribution in [0.4, 0.5) is 0 Å². The van der Waals surface area contributed by atoms with Crippen molar-refractivity contribution >= 4 is 11.9 Å². The van der Waals surface area contributed by atoms with Crippen LogP contribution in [-0.4, -0.2) is 36.4 Å². The number of hydrogen-bond acceptors (Lipinski definition) is 5. The maximum absolute atomic E-state index is 11.6. The van der Waals surface area contributed by atoms with Gasteiger partial charge in [0.2, 0.25) is 0 Å². The van der Waals surface area contributed by atoms with E-state index in [-0.39, 0.29) is 19.2 Å². The van der Waals surface area contributed by atoms with Crippen LogP contribution in [-0.2, 0) is 19.1 Å². The van der Waals surface area contributed by atoms with Crippen molar-refractivity contribution in [2.45, 2.75) is 110 Å². The Hall–Kier alpha value is -1.36. The molecule has 0 aliphatic carbocycles. The molecule has 0 aromatic carbocycles. The molecule has 0 amide bonds. The monoisotopic (exact) mass is 398 g/mol. The van der Waals surface area contributed by atoms with Crippen molar-refractivity contribution in [2.75, 3.05) is 13.2 Å². The standard InChI is InChI=1S/C23H42O5/c1-3-4-5-6-7-8-9-10-11-12-13-14-15-16-17-18-23(26)28-20-22(25)19-27-21(2)24/h10-11,22,25H,3-9,12-20H2,1-2H3/b11-10-. The molecule has 0 heterocycles. The molecule has 0 fully saturated rings. The van der Waals surface area contributed by atoms with Crippen LogP contribution >= 0.6 is 0 Å². The van der Waals surface area contributed by atoms with Gasteiger partial charge in [-0.25, -0.2) is 0 Å². The van der Waals surface area contributed by atoms with Gasteiger partial charge in [-0.1, -0.05) is 70.4 Å². The molecule has 0 spiro atoms. The molecule has 1 atom stereocenters. The Morgan fingerprint density at radius 3 is 1.86 bits per heavy atom. The normalized spacial score (nSPS) is 12.2. The largest absolute Gasteiger partial charge is 0.463 e. The topological polar surface area (TPSA) is 72.8 Å². The molecule has 28 heavy (non-hydrogen) atoms. The Bertz CT molecular complexity index is 406. The molecule has 0 aliphatic heterocycles. The van der Waals surface area contributed by atoms with Crippen molar-refractivity contribution in [3.8, 4) is 0 Å². The van der Waals surface area contributed by atoms with Crippen LogP contribution in [0.2, 0.25) is 0 Å². The second-order valence-corrected chi connectivity index (χ2v) is 7.47. The fourth-order valence-electron chi connectivity index (χ4n) is 2.86. The maximum Gasteiger partial charge on any atom is 0.305 e. The fraction of sp³-hybridized carbons (Fsp3) is 0.826. The summed E-state index contributed by atoms with van der Waals surface area (Å²) in [5.41, 5.74) is 0. The minimum absolute atomic E-state index is 0.128. The Balaban J connectivity index is 3.32. The number of aliphatic hydroxyl groups excluding tert-OH is 1. The van der Waals surface area contributed by atoms with Gasteiger partial charge >= 0.3 is 11.9 Å². The van der Waals surface area contributed by atoms with Crippen molar-refractivity contribution in [3.63, 3.8) is 0 Å². The zero-order valence-electron chi connectivity index (χ0n) is 18.1. The number of hydrogen-bond donors (Lipinski definition) is 1. The van der Waals surface area contributed by atoms with Crippen molar-refractivity contribution in [2.24, 2.45) is 0 Å². The van der Waals surface area contributed by atoms with Crippen LogP contribution in [0.5, 0.6) is 0 Å². The summed E-state index contributed by atoms with van der Waals surface area (Å²) < 4.78 is 9.61. The zero-order valence-corrected chi connectivity index (χ0v) is 18.1. The summed E-state index contributed by atoms with van der Waals surface area (Å²) in [5.74, 6) is -0.766. The van der Waals surface area contributed by atoms with E-state index in [1.165, 1.54) is 64.7 Å². The van der Waals surface area contributed by atoms with Gasteiger partial charge in [-0.2, -0.15) is 0 Å². The van der Waals surface area contributed by atoms with E-state index in [0.717, 1.165) is 25.7 Å². The first-order valence-corrected chi connectivity index (χ1v) is 11.2. The molecule has 5 heteroatoms. The van der Waals surface area contributed by atoms with Gasteiger partial charge in [-0.05, 0) is 32.1 Å². The molecule has 5 nitrogen and oxygen atoms in total. The number of ether oxygens (including phenoxy) is 2. The Morgan fingerprint density at radius 1 is 0.786 bits per heavy atom. The van der Waals surface area contributed by atoms with Crippen LogP contribution in [0.25, 0.3) is 0 Å². The number of carbonyl (C=O) groups excluding carboxylic acids is 2. The molecule has 0 saturated carbocycles. The van der Waals surface area contributed by atoms with Gasteiger partial charge in [0.25, 0.3) is 0 Å². The predicted molar refractivity (Wildman–Crippen MR) is 113 cm³/mol. The number of unbranched alkanes of at least 4 members (excludes halogenated alkanes) is 11. The summed E-state index contributed by atoms with van der Waals surface area (Å²) in [4.78, 5) is 22.2. The van der Waals surface area contributed by atoms with E-state index >= 15 is 0 Å². The molecule has 0 bridgehead atoms. The average molecular weight is 399 g/mol. The van der Waals surface area contributed by atoms with Crippen LogP contribution in [0, 0.1) is 0 Å². The highest BCUT2D eigenvalue weighted by atomic mass is 16.6. The van der Waals surface area contributed by atoms with Gasteiger partial charge in [0.05, 0.1) is 0 Å². The Labute approximate surface area is 171 Å². The van der Waals surface area contributed by atoms with Gasteiger partial charge < -0.3 is 14.6 Å². The van der Waals surface area contributed by atoms with E-state index in [4.69, 9.17) is 4.74 Å². The minimum Gasteiger partial charge on any atom is -0.463 e. The van der Waals surface area contributed by atoms with E-state index in [9.17, 15) is 14.7 Å². The lowest BCUT2D eigenvalue weighted by Crippen LogP contribution is -2.24. The molecule has 1 N–H and O–H groups in total. The van der Waals surface area contributed by atoms with Crippen molar-refractivity contribution in [1.82, 2.24) is 0 Å². The highest BCUT2D eigenvalue weighted by Crippen LogP contribution is 2.10. The van der Waals surface area contributed by atoms with Gasteiger partial charge in [0.15, 0.2) is 0 Å². The third kappa shape index (κ3) is 20.9. The number of allylic oxidation sites excluding steroid dienone is 2. The van der Waals surface area contributed by atoms with Gasteiger partial charge in [-0.15, -0.1) is 0 Å². The molecule has 0 aliphatic rings. The lowest BCUT2D eigenvalue weighted by molar-refractivity contribution is -0.151. The SMILES string of the molecule is CCCCCCCC/C=C\CCCCCCCC(=O)OCC(O)COC(C)=O. The highest BCUT2D eigenvalue weighted by molar-refractivity contribution is 5.69. The molecule has 0 rings (SSSR count). The van der Waals surface area contributed by atoms with Crippen molar-refractivity contribution in [3.05, 3.63) is 12.2 Å². The lowest BCUT2D eigenvalue weighted by atomic mass is 10.1. The third-order valence-electron chi connectivity index (χ3n) is 4.56. The first-order chi connectivity index (χ1) is 13.6.